The van der Waals surface area contributed by atoms with Crippen molar-refractivity contribution in [3.05, 3.63) is 35.4 Å². The van der Waals surface area contributed by atoms with Crippen molar-refractivity contribution in [2.45, 2.75) is 20.4 Å². The van der Waals surface area contributed by atoms with Gasteiger partial charge in [0.1, 0.15) is 0 Å². The topological polar surface area (TPSA) is 61.9 Å². The zero-order valence-corrected chi connectivity index (χ0v) is 10.8. The summed E-state index contributed by atoms with van der Waals surface area (Å²) >= 11 is 0. The van der Waals surface area contributed by atoms with E-state index in [1.165, 1.54) is 0 Å². The van der Waals surface area contributed by atoms with E-state index in [9.17, 15) is 4.79 Å². The predicted molar refractivity (Wildman–Crippen MR) is 65.2 cm³/mol. The number of esters is 1. The average Bonchev–Trinajstić information content (AvgIpc) is 2.87. The summed E-state index contributed by atoms with van der Waals surface area (Å²) in [4.78, 5) is 11.5. The van der Waals surface area contributed by atoms with Crippen LogP contribution in [0.1, 0.15) is 28.8 Å². The van der Waals surface area contributed by atoms with Crippen molar-refractivity contribution in [3.63, 3.8) is 0 Å². The second kappa shape index (κ2) is 5.03. The number of carbonyl (C=O) groups is 1. The molecule has 0 spiro atoms. The number of carbonyl (C=O) groups excluding carboxylic acids is 1. The molecule has 96 valence electrons. The molecule has 6 heteroatoms. The molecule has 0 aromatic carbocycles. The minimum Gasteiger partial charge on any atom is -0.461 e. The molecule has 2 rings (SSSR count). The van der Waals surface area contributed by atoms with Crippen LogP contribution in [0.2, 0.25) is 0 Å². The van der Waals surface area contributed by atoms with Crippen LogP contribution < -0.4 is 0 Å². The SMILES string of the molecule is CCOC(=O)c1cc(C)n(Cc2ccn(C)n2)n1. The molecule has 18 heavy (non-hydrogen) atoms. The number of hydrogen-bond donors (Lipinski definition) is 0. The first-order valence-electron chi connectivity index (χ1n) is 5.80. The van der Waals surface area contributed by atoms with Crippen LogP contribution in [0.4, 0.5) is 0 Å². The summed E-state index contributed by atoms with van der Waals surface area (Å²) in [5.74, 6) is -0.389. The fourth-order valence-corrected chi connectivity index (χ4v) is 1.68. The van der Waals surface area contributed by atoms with E-state index in [0.717, 1.165) is 11.4 Å². The van der Waals surface area contributed by atoms with Gasteiger partial charge in [-0.25, -0.2) is 4.79 Å². The van der Waals surface area contributed by atoms with Gasteiger partial charge >= 0.3 is 5.97 Å². The van der Waals surface area contributed by atoms with E-state index in [1.807, 2.05) is 26.2 Å². The summed E-state index contributed by atoms with van der Waals surface area (Å²) in [6, 6.07) is 3.64. The zero-order valence-electron chi connectivity index (χ0n) is 10.8. The van der Waals surface area contributed by atoms with E-state index >= 15 is 0 Å². The molecule has 6 nitrogen and oxygen atoms in total. The molecule has 0 radical (unpaired) electrons. The Labute approximate surface area is 105 Å². The van der Waals surface area contributed by atoms with E-state index in [-0.39, 0.29) is 5.97 Å². The Hall–Kier alpha value is -2.11. The summed E-state index contributed by atoms with van der Waals surface area (Å²) in [6.07, 6.45) is 1.88. The first-order valence-corrected chi connectivity index (χ1v) is 5.80. The summed E-state index contributed by atoms with van der Waals surface area (Å²) in [5, 5.41) is 8.50. The molecule has 0 amide bonds. The number of aromatic nitrogens is 4. The highest BCUT2D eigenvalue weighted by atomic mass is 16.5. The first-order chi connectivity index (χ1) is 8.60. The summed E-state index contributed by atoms with van der Waals surface area (Å²) in [6.45, 7) is 4.57. The fraction of sp³-hybridized carbons (Fsp3) is 0.417. The van der Waals surface area contributed by atoms with Gasteiger partial charge in [0.15, 0.2) is 5.69 Å². The molecule has 2 aromatic heterocycles. The maximum absolute atomic E-state index is 11.5. The second-order valence-corrected chi connectivity index (χ2v) is 4.03. The average molecular weight is 248 g/mol. The lowest BCUT2D eigenvalue weighted by Gasteiger charge is -2.01. The molecule has 0 aliphatic carbocycles. The lowest BCUT2D eigenvalue weighted by Crippen LogP contribution is -2.09. The Morgan fingerprint density at radius 2 is 2.22 bits per heavy atom. The number of rotatable bonds is 4. The van der Waals surface area contributed by atoms with Crippen molar-refractivity contribution in [1.29, 1.82) is 0 Å². The van der Waals surface area contributed by atoms with Crippen LogP contribution in [0.25, 0.3) is 0 Å². The van der Waals surface area contributed by atoms with E-state index in [2.05, 4.69) is 10.2 Å². The highest BCUT2D eigenvalue weighted by Crippen LogP contribution is 2.07. The fourth-order valence-electron chi connectivity index (χ4n) is 1.68. The molecule has 0 N–H and O–H groups in total. The molecular weight excluding hydrogens is 232 g/mol. The normalized spacial score (nSPS) is 10.6. The maximum atomic E-state index is 11.5. The Balaban J connectivity index is 2.16. The maximum Gasteiger partial charge on any atom is 0.358 e. The van der Waals surface area contributed by atoms with Crippen molar-refractivity contribution < 1.29 is 9.53 Å². The van der Waals surface area contributed by atoms with Crippen molar-refractivity contribution >= 4 is 5.97 Å². The molecule has 0 aliphatic heterocycles. The first kappa shape index (κ1) is 12.3. The lowest BCUT2D eigenvalue weighted by molar-refractivity contribution is 0.0518. The van der Waals surface area contributed by atoms with Gasteiger partial charge in [0.05, 0.1) is 18.8 Å². The Morgan fingerprint density at radius 1 is 1.44 bits per heavy atom. The molecule has 2 heterocycles. The molecule has 0 atom stereocenters. The van der Waals surface area contributed by atoms with Crippen LogP contribution in [0.3, 0.4) is 0 Å². The van der Waals surface area contributed by atoms with Gasteiger partial charge in [0.2, 0.25) is 0 Å². The van der Waals surface area contributed by atoms with Crippen molar-refractivity contribution in [3.8, 4) is 0 Å². The summed E-state index contributed by atoms with van der Waals surface area (Å²) < 4.78 is 8.40. The lowest BCUT2D eigenvalue weighted by atomic mass is 10.3. The van der Waals surface area contributed by atoms with Gasteiger partial charge in [-0.3, -0.25) is 9.36 Å². The smallest absolute Gasteiger partial charge is 0.358 e. The third-order valence-corrected chi connectivity index (χ3v) is 2.55. The Bertz CT molecular complexity index is 556. The van der Waals surface area contributed by atoms with Crippen LogP contribution in [0.15, 0.2) is 18.3 Å². The minimum absolute atomic E-state index is 0.338. The molecular formula is C12H16N4O2. The van der Waals surface area contributed by atoms with Gasteiger partial charge in [0.25, 0.3) is 0 Å². The standard InChI is InChI=1S/C12H16N4O2/c1-4-18-12(17)11-7-9(2)16(14-11)8-10-5-6-15(3)13-10/h5-7H,4,8H2,1-3H3. The molecule has 0 saturated heterocycles. The van der Waals surface area contributed by atoms with E-state index in [4.69, 9.17) is 4.74 Å². The summed E-state index contributed by atoms with van der Waals surface area (Å²) in [7, 11) is 1.86. The Morgan fingerprint density at radius 3 is 2.83 bits per heavy atom. The largest absolute Gasteiger partial charge is 0.461 e. The van der Waals surface area contributed by atoms with E-state index in [1.54, 1.807) is 22.4 Å². The highest BCUT2D eigenvalue weighted by Gasteiger charge is 2.13. The van der Waals surface area contributed by atoms with Gasteiger partial charge in [-0.15, -0.1) is 0 Å². The minimum atomic E-state index is -0.389. The van der Waals surface area contributed by atoms with Crippen molar-refractivity contribution in [1.82, 2.24) is 19.6 Å². The highest BCUT2D eigenvalue weighted by molar-refractivity contribution is 5.87. The van der Waals surface area contributed by atoms with Crippen molar-refractivity contribution in [2.24, 2.45) is 7.05 Å². The molecule has 0 saturated carbocycles. The van der Waals surface area contributed by atoms with Crippen LogP contribution in [0.5, 0.6) is 0 Å². The molecule has 0 unspecified atom stereocenters. The van der Waals surface area contributed by atoms with Crippen LogP contribution in [-0.4, -0.2) is 32.1 Å². The molecule has 2 aromatic rings. The van der Waals surface area contributed by atoms with E-state index in [0.29, 0.717) is 18.8 Å². The van der Waals surface area contributed by atoms with Crippen LogP contribution >= 0.6 is 0 Å². The van der Waals surface area contributed by atoms with E-state index < -0.39 is 0 Å². The van der Waals surface area contributed by atoms with Gasteiger partial charge in [-0.05, 0) is 26.0 Å². The monoisotopic (exact) mass is 248 g/mol. The molecule has 0 bridgehead atoms. The Kier molecular flexibility index (Phi) is 3.45. The van der Waals surface area contributed by atoms with Gasteiger partial charge in [-0.2, -0.15) is 10.2 Å². The van der Waals surface area contributed by atoms with Gasteiger partial charge in [0, 0.05) is 18.9 Å². The second-order valence-electron chi connectivity index (χ2n) is 4.03. The number of aryl methyl sites for hydroxylation is 2. The quantitative estimate of drug-likeness (QED) is 0.761. The molecule has 0 aliphatic rings. The van der Waals surface area contributed by atoms with Crippen LogP contribution in [-0.2, 0) is 18.3 Å². The number of ether oxygens (including phenoxy) is 1. The van der Waals surface area contributed by atoms with Gasteiger partial charge < -0.3 is 4.74 Å². The third-order valence-electron chi connectivity index (χ3n) is 2.55. The van der Waals surface area contributed by atoms with Crippen molar-refractivity contribution in [2.75, 3.05) is 6.61 Å². The number of nitrogens with zero attached hydrogens (tertiary/aromatic N) is 4. The van der Waals surface area contributed by atoms with Gasteiger partial charge in [-0.1, -0.05) is 0 Å². The third kappa shape index (κ3) is 2.58. The van der Waals surface area contributed by atoms with Crippen LogP contribution in [0, 0.1) is 6.92 Å². The zero-order chi connectivity index (χ0) is 13.1. The molecule has 0 fully saturated rings. The summed E-state index contributed by atoms with van der Waals surface area (Å²) in [5.41, 5.74) is 2.15. The number of hydrogen-bond acceptors (Lipinski definition) is 4. The predicted octanol–water partition coefficient (Wildman–Crippen LogP) is 1.15.